The van der Waals surface area contributed by atoms with Crippen molar-refractivity contribution >= 4 is 11.7 Å². The molecule has 31 heavy (non-hydrogen) atoms. The second kappa shape index (κ2) is 10.7. The fourth-order valence-corrected chi connectivity index (χ4v) is 4.66. The van der Waals surface area contributed by atoms with E-state index in [1.165, 1.54) is 37.9 Å². The highest BCUT2D eigenvalue weighted by Crippen LogP contribution is 2.24. The molecule has 0 atom stereocenters. The molecular formula is C25H35N5O. The van der Waals surface area contributed by atoms with Gasteiger partial charge in [0, 0.05) is 37.3 Å². The summed E-state index contributed by atoms with van der Waals surface area (Å²) in [7, 11) is 0. The minimum absolute atomic E-state index is 0.115. The van der Waals surface area contributed by atoms with Gasteiger partial charge in [-0.25, -0.2) is 9.97 Å². The van der Waals surface area contributed by atoms with Crippen LogP contribution in [0, 0.1) is 12.8 Å². The van der Waals surface area contributed by atoms with Crippen molar-refractivity contribution in [3.63, 3.8) is 0 Å². The summed E-state index contributed by atoms with van der Waals surface area (Å²) in [4.78, 5) is 26.7. The van der Waals surface area contributed by atoms with Crippen molar-refractivity contribution in [3.8, 4) is 11.4 Å². The van der Waals surface area contributed by atoms with Gasteiger partial charge < -0.3 is 15.1 Å². The first-order valence-electron chi connectivity index (χ1n) is 11.8. The van der Waals surface area contributed by atoms with Gasteiger partial charge in [-0.05, 0) is 70.8 Å². The third-order valence-electron chi connectivity index (χ3n) is 6.51. The predicted octanol–water partition coefficient (Wildman–Crippen LogP) is 3.66. The normalized spacial score (nSPS) is 18.2. The Morgan fingerprint density at radius 2 is 1.90 bits per heavy atom. The van der Waals surface area contributed by atoms with Gasteiger partial charge in [-0.2, -0.15) is 0 Å². The number of carbonyl (C=O) groups excluding carboxylic acids is 1. The van der Waals surface area contributed by atoms with E-state index in [0.717, 1.165) is 62.6 Å². The third kappa shape index (κ3) is 6.03. The molecule has 2 aliphatic heterocycles. The van der Waals surface area contributed by atoms with Crippen LogP contribution in [-0.2, 0) is 4.79 Å². The first-order chi connectivity index (χ1) is 15.2. The molecule has 0 saturated carbocycles. The summed E-state index contributed by atoms with van der Waals surface area (Å²) in [6.45, 7) is 8.14. The first-order valence-corrected chi connectivity index (χ1v) is 11.8. The summed E-state index contributed by atoms with van der Waals surface area (Å²) < 4.78 is 0. The third-order valence-corrected chi connectivity index (χ3v) is 6.51. The van der Waals surface area contributed by atoms with Crippen LogP contribution < -0.4 is 10.2 Å². The number of aromatic nitrogens is 2. The summed E-state index contributed by atoms with van der Waals surface area (Å²) in [5.74, 6) is 2.05. The number of carbonyl (C=O) groups is 1. The first kappa shape index (κ1) is 21.8. The lowest BCUT2D eigenvalue weighted by atomic mass is 9.96. The van der Waals surface area contributed by atoms with Gasteiger partial charge in [0.15, 0.2) is 5.82 Å². The Bertz CT molecular complexity index is 856. The van der Waals surface area contributed by atoms with Gasteiger partial charge in [0.05, 0.1) is 0 Å². The molecular weight excluding hydrogens is 386 g/mol. The Balaban J connectivity index is 1.23. The maximum absolute atomic E-state index is 12.6. The standard InChI is InChI=1S/C25H35N5O/c1-20-7-5-8-22(19-20)24-26-13-9-23(28-24)30-17-10-21(11-18-30)25(31)27-12-6-16-29-14-3-2-4-15-29/h5,7-9,13,19,21H,2-4,6,10-12,14-18H2,1H3,(H,27,31). The highest BCUT2D eigenvalue weighted by Gasteiger charge is 2.25. The zero-order valence-electron chi connectivity index (χ0n) is 18.7. The highest BCUT2D eigenvalue weighted by atomic mass is 16.1. The number of rotatable bonds is 7. The average Bonchev–Trinajstić information content (AvgIpc) is 2.82. The van der Waals surface area contributed by atoms with Crippen molar-refractivity contribution in [1.29, 1.82) is 0 Å². The van der Waals surface area contributed by atoms with Crippen LogP contribution >= 0.6 is 0 Å². The smallest absolute Gasteiger partial charge is 0.223 e. The number of likely N-dealkylation sites (tertiary alicyclic amines) is 1. The molecule has 2 fully saturated rings. The molecule has 1 N–H and O–H groups in total. The number of hydrogen-bond donors (Lipinski definition) is 1. The number of piperidine rings is 2. The van der Waals surface area contributed by atoms with Gasteiger partial charge in [0.25, 0.3) is 0 Å². The van der Waals surface area contributed by atoms with Crippen molar-refractivity contribution < 1.29 is 4.79 Å². The van der Waals surface area contributed by atoms with Gasteiger partial charge in [-0.1, -0.05) is 30.2 Å². The van der Waals surface area contributed by atoms with Crippen molar-refractivity contribution in [1.82, 2.24) is 20.2 Å². The fraction of sp³-hybridized carbons (Fsp3) is 0.560. The summed E-state index contributed by atoms with van der Waals surface area (Å²) in [6, 6.07) is 10.3. The largest absolute Gasteiger partial charge is 0.356 e. The molecule has 1 amide bonds. The molecule has 0 aliphatic carbocycles. The van der Waals surface area contributed by atoms with E-state index in [2.05, 4.69) is 39.2 Å². The lowest BCUT2D eigenvalue weighted by Gasteiger charge is -2.32. The van der Waals surface area contributed by atoms with Crippen LogP contribution in [0.3, 0.4) is 0 Å². The van der Waals surface area contributed by atoms with Gasteiger partial charge in [-0.3, -0.25) is 4.79 Å². The number of nitrogens with zero attached hydrogens (tertiary/aromatic N) is 4. The van der Waals surface area contributed by atoms with E-state index in [4.69, 9.17) is 4.98 Å². The van der Waals surface area contributed by atoms with Crippen LogP contribution in [0.2, 0.25) is 0 Å². The number of benzene rings is 1. The zero-order chi connectivity index (χ0) is 21.5. The van der Waals surface area contributed by atoms with E-state index in [0.29, 0.717) is 0 Å². The lowest BCUT2D eigenvalue weighted by molar-refractivity contribution is -0.125. The van der Waals surface area contributed by atoms with Crippen LogP contribution in [0.15, 0.2) is 36.5 Å². The molecule has 6 heteroatoms. The number of nitrogens with one attached hydrogen (secondary N) is 1. The van der Waals surface area contributed by atoms with Crippen molar-refractivity contribution in [2.75, 3.05) is 44.2 Å². The molecule has 4 rings (SSSR count). The van der Waals surface area contributed by atoms with Crippen molar-refractivity contribution in [3.05, 3.63) is 42.1 Å². The van der Waals surface area contributed by atoms with Crippen LogP contribution in [0.5, 0.6) is 0 Å². The Morgan fingerprint density at radius 1 is 1.10 bits per heavy atom. The van der Waals surface area contributed by atoms with Crippen LogP contribution in [0.1, 0.15) is 44.1 Å². The fourth-order valence-electron chi connectivity index (χ4n) is 4.66. The molecule has 2 aromatic rings. The molecule has 1 aromatic carbocycles. The molecule has 166 valence electrons. The second-order valence-electron chi connectivity index (χ2n) is 8.92. The molecule has 0 unspecified atom stereocenters. The van der Waals surface area contributed by atoms with E-state index in [9.17, 15) is 4.79 Å². The van der Waals surface area contributed by atoms with Crippen LogP contribution in [-0.4, -0.2) is 60.0 Å². The van der Waals surface area contributed by atoms with E-state index < -0.39 is 0 Å². The Kier molecular flexibility index (Phi) is 7.52. The maximum Gasteiger partial charge on any atom is 0.223 e. The van der Waals surface area contributed by atoms with Crippen molar-refractivity contribution in [2.45, 2.75) is 45.4 Å². The minimum atomic E-state index is 0.115. The van der Waals surface area contributed by atoms with Gasteiger partial charge >= 0.3 is 0 Å². The topological polar surface area (TPSA) is 61.4 Å². The van der Waals surface area contributed by atoms with Gasteiger partial charge in [-0.15, -0.1) is 0 Å². The molecule has 0 radical (unpaired) electrons. The SMILES string of the molecule is Cc1cccc(-c2nccc(N3CCC(C(=O)NCCCN4CCCCC4)CC3)n2)c1. The molecule has 1 aromatic heterocycles. The van der Waals surface area contributed by atoms with Crippen LogP contribution in [0.25, 0.3) is 11.4 Å². The molecule has 0 spiro atoms. The number of aryl methyl sites for hydroxylation is 1. The van der Waals surface area contributed by atoms with E-state index in [1.54, 1.807) is 0 Å². The predicted molar refractivity (Wildman–Crippen MR) is 125 cm³/mol. The lowest BCUT2D eigenvalue weighted by Crippen LogP contribution is -2.41. The molecule has 2 saturated heterocycles. The van der Waals surface area contributed by atoms with Gasteiger partial charge in [0.2, 0.25) is 5.91 Å². The number of anilines is 1. The van der Waals surface area contributed by atoms with E-state index >= 15 is 0 Å². The van der Waals surface area contributed by atoms with E-state index in [1.807, 2.05) is 24.4 Å². The van der Waals surface area contributed by atoms with Crippen molar-refractivity contribution in [2.24, 2.45) is 5.92 Å². The Morgan fingerprint density at radius 3 is 2.68 bits per heavy atom. The summed E-state index contributed by atoms with van der Waals surface area (Å²) >= 11 is 0. The Hall–Kier alpha value is -2.47. The monoisotopic (exact) mass is 421 g/mol. The van der Waals surface area contributed by atoms with E-state index in [-0.39, 0.29) is 11.8 Å². The maximum atomic E-state index is 12.6. The quantitative estimate of drug-likeness (QED) is 0.692. The summed E-state index contributed by atoms with van der Waals surface area (Å²) in [5.41, 5.74) is 2.25. The number of amides is 1. The Labute approximate surface area is 186 Å². The van der Waals surface area contributed by atoms with Gasteiger partial charge in [0.1, 0.15) is 5.82 Å². The zero-order valence-corrected chi connectivity index (χ0v) is 18.7. The molecule has 2 aliphatic rings. The summed E-state index contributed by atoms with van der Waals surface area (Å²) in [5, 5.41) is 3.17. The minimum Gasteiger partial charge on any atom is -0.356 e. The summed E-state index contributed by atoms with van der Waals surface area (Å²) in [6.07, 6.45) is 8.65. The average molecular weight is 422 g/mol. The van der Waals surface area contributed by atoms with Crippen LogP contribution in [0.4, 0.5) is 5.82 Å². The highest BCUT2D eigenvalue weighted by molar-refractivity contribution is 5.79. The number of hydrogen-bond acceptors (Lipinski definition) is 5. The molecule has 3 heterocycles. The molecule has 0 bridgehead atoms. The second-order valence-corrected chi connectivity index (χ2v) is 8.92. The molecule has 6 nitrogen and oxygen atoms in total.